The zero-order valence-corrected chi connectivity index (χ0v) is 12.9. The van der Waals surface area contributed by atoms with Gasteiger partial charge in [0.2, 0.25) is 5.90 Å². The van der Waals surface area contributed by atoms with Gasteiger partial charge < -0.3 is 10.5 Å². The largest absolute Gasteiger partial charge is 0.476 e. The summed E-state index contributed by atoms with van der Waals surface area (Å²) in [6.45, 7) is -0.970. The maximum Gasteiger partial charge on any atom is 0.265 e. The lowest BCUT2D eigenvalue weighted by Crippen LogP contribution is -2.51. The lowest BCUT2D eigenvalue weighted by atomic mass is 9.88. The molecule has 0 unspecified atom stereocenters. The topological polar surface area (TPSA) is 76.7 Å². The highest BCUT2D eigenvalue weighted by molar-refractivity contribution is 6.00. The van der Waals surface area contributed by atoms with Crippen molar-refractivity contribution in [1.29, 1.82) is 0 Å². The van der Waals surface area contributed by atoms with Gasteiger partial charge in [0.15, 0.2) is 0 Å². The molecule has 2 rings (SSSR count). The van der Waals surface area contributed by atoms with Crippen LogP contribution in [0.3, 0.4) is 0 Å². The average molecular weight is 339 g/mol. The smallest absolute Gasteiger partial charge is 0.265 e. The number of carbonyl (C=O) groups excluding carboxylic acids is 1. The second-order valence-corrected chi connectivity index (χ2v) is 5.29. The Balaban J connectivity index is 2.37. The van der Waals surface area contributed by atoms with E-state index < -0.39 is 36.7 Å². The lowest BCUT2D eigenvalue weighted by Gasteiger charge is -2.35. The third kappa shape index (κ3) is 3.21. The normalized spacial score (nSPS) is 18.7. The van der Waals surface area contributed by atoms with Gasteiger partial charge in [-0.05, 0) is 19.1 Å². The summed E-state index contributed by atoms with van der Waals surface area (Å²) in [5, 5.41) is 2.22. The van der Waals surface area contributed by atoms with Crippen molar-refractivity contribution in [3.63, 3.8) is 0 Å². The molecule has 0 aromatic heterocycles. The van der Waals surface area contributed by atoms with Crippen LogP contribution in [0, 0.1) is 23.2 Å². The van der Waals surface area contributed by atoms with Gasteiger partial charge in [-0.1, -0.05) is 12.0 Å². The molecule has 128 valence electrons. The molecule has 1 aromatic rings. The first-order valence-electron chi connectivity index (χ1n) is 7.08. The Labute approximate surface area is 137 Å². The van der Waals surface area contributed by atoms with Crippen LogP contribution in [0.15, 0.2) is 23.2 Å². The van der Waals surface area contributed by atoms with Crippen LogP contribution in [0.2, 0.25) is 0 Å². The number of nitrogens with one attached hydrogen (secondary N) is 1. The molecular weight excluding hydrogens is 323 g/mol. The van der Waals surface area contributed by atoms with Crippen LogP contribution in [0.1, 0.15) is 22.8 Å². The van der Waals surface area contributed by atoms with Crippen LogP contribution >= 0.6 is 0 Å². The molecule has 0 bridgehead atoms. The van der Waals surface area contributed by atoms with Crippen molar-refractivity contribution < 1.29 is 22.7 Å². The van der Waals surface area contributed by atoms with Crippen molar-refractivity contribution in [3.8, 4) is 12.0 Å². The van der Waals surface area contributed by atoms with Crippen molar-refractivity contribution in [2.45, 2.75) is 13.1 Å². The van der Waals surface area contributed by atoms with Gasteiger partial charge in [-0.25, -0.2) is 9.38 Å². The van der Waals surface area contributed by atoms with E-state index in [0.29, 0.717) is 0 Å². The Morgan fingerprint density at radius 1 is 1.50 bits per heavy atom. The average Bonchev–Trinajstić information content (AvgIpc) is 2.60. The summed E-state index contributed by atoms with van der Waals surface area (Å²) >= 11 is 0. The number of hydrogen-bond acceptors (Lipinski definition) is 4. The van der Waals surface area contributed by atoms with Gasteiger partial charge in [-0.2, -0.15) is 0 Å². The number of aliphatic imine (C=N–C) groups is 1. The summed E-state index contributed by atoms with van der Waals surface area (Å²) in [7, 11) is 0. The first kappa shape index (κ1) is 17.8. The number of benzene rings is 1. The van der Waals surface area contributed by atoms with Crippen molar-refractivity contribution >= 4 is 11.8 Å². The SMILES string of the molecule is CC#CNC(=O)c1cccc(C2=N[C@@H](N)C(CF)(CF)CO2)c1F. The molecule has 0 spiro atoms. The molecule has 1 atom stereocenters. The molecule has 1 heterocycles. The number of nitrogens with two attached hydrogens (primary N) is 1. The molecule has 5 nitrogen and oxygen atoms in total. The Hall–Kier alpha value is -2.53. The molecule has 0 saturated heterocycles. The van der Waals surface area contributed by atoms with Crippen molar-refractivity contribution in [2.24, 2.45) is 16.1 Å². The summed E-state index contributed by atoms with van der Waals surface area (Å²) < 4.78 is 45.9. The minimum absolute atomic E-state index is 0.117. The Bertz CT molecular complexity index is 721. The molecule has 24 heavy (non-hydrogen) atoms. The second kappa shape index (κ2) is 7.36. The van der Waals surface area contributed by atoms with E-state index in [1.807, 2.05) is 0 Å². The van der Waals surface area contributed by atoms with Crippen LogP contribution in [0.4, 0.5) is 13.2 Å². The summed E-state index contributed by atoms with van der Waals surface area (Å²) in [6, 6.07) is 6.35. The molecule has 1 aliphatic heterocycles. The number of amides is 1. The van der Waals surface area contributed by atoms with Gasteiger partial charge >= 0.3 is 0 Å². The maximum atomic E-state index is 14.6. The van der Waals surface area contributed by atoms with E-state index in [1.165, 1.54) is 25.1 Å². The molecule has 8 heteroatoms. The fraction of sp³-hybridized carbons (Fsp3) is 0.375. The zero-order valence-electron chi connectivity index (χ0n) is 12.9. The molecular formula is C16H16F3N3O2. The molecule has 1 aliphatic rings. The predicted octanol–water partition coefficient (Wildman–Crippen LogP) is 1.52. The first-order chi connectivity index (χ1) is 11.5. The summed E-state index contributed by atoms with van der Waals surface area (Å²) in [4.78, 5) is 15.7. The van der Waals surface area contributed by atoms with E-state index in [-0.39, 0.29) is 23.6 Å². The van der Waals surface area contributed by atoms with Crippen molar-refractivity contribution in [3.05, 3.63) is 35.1 Å². The highest BCUT2D eigenvalue weighted by atomic mass is 19.1. The van der Waals surface area contributed by atoms with Gasteiger partial charge in [-0.15, -0.1) is 0 Å². The van der Waals surface area contributed by atoms with Gasteiger partial charge in [0.05, 0.1) is 16.5 Å². The molecule has 1 aromatic carbocycles. The number of rotatable bonds is 4. The van der Waals surface area contributed by atoms with Gasteiger partial charge in [0.1, 0.15) is 31.9 Å². The molecule has 3 N–H and O–H groups in total. The molecule has 0 aliphatic carbocycles. The number of halogens is 3. The highest BCUT2D eigenvalue weighted by Gasteiger charge is 2.42. The monoisotopic (exact) mass is 339 g/mol. The maximum absolute atomic E-state index is 14.6. The standard InChI is InChI=1S/C16H16F3N3O2/c1-2-6-21-13(23)10-4-3-5-11(12(10)19)14-22-15(20)16(7-17,8-18)9-24-14/h3-5,15H,7-9,20H2,1H3,(H,21,23)/t15-/m1/s1. The molecule has 0 fully saturated rings. The fourth-order valence-electron chi connectivity index (χ4n) is 2.08. The number of hydrogen-bond donors (Lipinski definition) is 2. The first-order valence-corrected chi connectivity index (χ1v) is 7.08. The van der Waals surface area contributed by atoms with Crippen LogP contribution in [0.25, 0.3) is 0 Å². The van der Waals surface area contributed by atoms with E-state index in [1.54, 1.807) is 0 Å². The zero-order chi connectivity index (χ0) is 17.7. The van der Waals surface area contributed by atoms with Crippen molar-refractivity contribution in [1.82, 2.24) is 5.32 Å². The number of nitrogens with zero attached hydrogens (tertiary/aromatic N) is 1. The van der Waals surface area contributed by atoms with Gasteiger partial charge in [-0.3, -0.25) is 18.9 Å². The Morgan fingerprint density at radius 3 is 2.79 bits per heavy atom. The lowest BCUT2D eigenvalue weighted by molar-refractivity contribution is 0.0354. The Kier molecular flexibility index (Phi) is 5.46. The van der Waals surface area contributed by atoms with Crippen molar-refractivity contribution in [2.75, 3.05) is 20.0 Å². The highest BCUT2D eigenvalue weighted by Crippen LogP contribution is 2.29. The van der Waals surface area contributed by atoms with E-state index >= 15 is 0 Å². The fourth-order valence-corrected chi connectivity index (χ4v) is 2.08. The van der Waals surface area contributed by atoms with Gasteiger partial charge in [0, 0.05) is 6.04 Å². The quantitative estimate of drug-likeness (QED) is 0.645. The molecule has 0 saturated carbocycles. The van der Waals surface area contributed by atoms with Crippen LogP contribution < -0.4 is 11.1 Å². The van der Waals surface area contributed by atoms with E-state index in [4.69, 9.17) is 10.5 Å². The van der Waals surface area contributed by atoms with Crippen LogP contribution in [0.5, 0.6) is 0 Å². The Morgan fingerprint density at radius 2 is 2.21 bits per heavy atom. The van der Waals surface area contributed by atoms with Crippen LogP contribution in [-0.4, -0.2) is 37.9 Å². The molecule has 1 amide bonds. The van der Waals surface area contributed by atoms with E-state index in [9.17, 15) is 18.0 Å². The third-order valence-electron chi connectivity index (χ3n) is 3.69. The number of carbonyl (C=O) groups is 1. The summed E-state index contributed by atoms with van der Waals surface area (Å²) in [5.74, 6) is 0.640. The molecule has 0 radical (unpaired) electrons. The predicted molar refractivity (Wildman–Crippen MR) is 82.2 cm³/mol. The summed E-state index contributed by atoms with van der Waals surface area (Å²) in [6.07, 6.45) is -1.22. The number of alkyl halides is 2. The third-order valence-corrected chi connectivity index (χ3v) is 3.69. The minimum atomic E-state index is -1.58. The van der Waals surface area contributed by atoms with Crippen LogP contribution in [-0.2, 0) is 4.74 Å². The van der Waals surface area contributed by atoms with Gasteiger partial charge in [0.25, 0.3) is 5.91 Å². The van der Waals surface area contributed by atoms with E-state index in [2.05, 4.69) is 22.3 Å². The van der Waals surface area contributed by atoms with E-state index in [0.717, 1.165) is 0 Å². The summed E-state index contributed by atoms with van der Waals surface area (Å²) in [5.41, 5.74) is 3.75. The second-order valence-electron chi connectivity index (χ2n) is 5.29. The minimum Gasteiger partial charge on any atom is -0.476 e. The number of ether oxygens (including phenoxy) is 1.